The summed E-state index contributed by atoms with van der Waals surface area (Å²) in [4.78, 5) is 0. The van der Waals surface area contributed by atoms with Gasteiger partial charge in [0.15, 0.2) is 11.5 Å². The number of methoxy groups -OCH3 is 1. The summed E-state index contributed by atoms with van der Waals surface area (Å²) in [5.41, 5.74) is 3.52. The van der Waals surface area contributed by atoms with E-state index < -0.39 is 0 Å². The molecule has 1 unspecified atom stereocenters. The van der Waals surface area contributed by atoms with Gasteiger partial charge in [0.1, 0.15) is 0 Å². The van der Waals surface area contributed by atoms with Gasteiger partial charge in [0.2, 0.25) is 0 Å². The molecule has 21 heavy (non-hydrogen) atoms. The van der Waals surface area contributed by atoms with E-state index in [1.165, 1.54) is 5.56 Å². The Morgan fingerprint density at radius 2 is 2.24 bits per heavy atom. The van der Waals surface area contributed by atoms with Crippen LogP contribution in [0.3, 0.4) is 0 Å². The number of aryl methyl sites for hydroxylation is 2. The van der Waals surface area contributed by atoms with Gasteiger partial charge in [-0.25, -0.2) is 0 Å². The molecule has 1 aromatic heterocycles. The Hall–Kier alpha value is -2.01. The summed E-state index contributed by atoms with van der Waals surface area (Å²) in [6.07, 6.45) is 3.96. The molecule has 2 aromatic rings. The summed E-state index contributed by atoms with van der Waals surface area (Å²) in [6, 6.07) is 5.66. The summed E-state index contributed by atoms with van der Waals surface area (Å²) in [6.45, 7) is 5.07. The van der Waals surface area contributed by atoms with Gasteiger partial charge < -0.3 is 15.2 Å². The molecule has 0 radical (unpaired) electrons. The topological polar surface area (TPSA) is 70.2 Å². The largest absolute Gasteiger partial charge is 0.504 e. The third kappa shape index (κ3) is 3.98. The number of aromatic amines is 1. The Kier molecular flexibility index (Phi) is 5.22. The van der Waals surface area contributed by atoms with Crippen LogP contribution in [0.4, 0.5) is 0 Å². The smallest absolute Gasteiger partial charge is 0.160 e. The number of H-pyrrole nitrogens is 1. The number of ether oxygens (including phenoxy) is 1. The first-order chi connectivity index (χ1) is 10.1. The number of nitrogens with one attached hydrogen (secondary N) is 2. The van der Waals surface area contributed by atoms with E-state index in [1.807, 2.05) is 25.3 Å². The van der Waals surface area contributed by atoms with E-state index >= 15 is 0 Å². The van der Waals surface area contributed by atoms with Crippen molar-refractivity contribution in [1.29, 1.82) is 0 Å². The molecule has 1 heterocycles. The van der Waals surface area contributed by atoms with Gasteiger partial charge in [-0.1, -0.05) is 6.07 Å². The third-order valence-electron chi connectivity index (χ3n) is 3.71. The molecule has 1 aromatic carbocycles. The Balaban J connectivity index is 1.82. The number of aromatic hydroxyl groups is 1. The minimum absolute atomic E-state index is 0.170. The molecule has 0 aliphatic rings. The van der Waals surface area contributed by atoms with E-state index in [4.69, 9.17) is 4.74 Å². The number of rotatable bonds is 7. The summed E-state index contributed by atoms with van der Waals surface area (Å²) < 4.78 is 5.14. The van der Waals surface area contributed by atoms with Crippen molar-refractivity contribution < 1.29 is 9.84 Å². The van der Waals surface area contributed by atoms with Gasteiger partial charge in [-0.15, -0.1) is 0 Å². The van der Waals surface area contributed by atoms with E-state index in [0.29, 0.717) is 5.75 Å². The molecular formula is C16H23N3O2. The van der Waals surface area contributed by atoms with Crippen LogP contribution in [-0.4, -0.2) is 29.0 Å². The quantitative estimate of drug-likeness (QED) is 0.685. The van der Waals surface area contributed by atoms with Crippen LogP contribution in [0.25, 0.3) is 0 Å². The number of hydrogen-bond acceptors (Lipinski definition) is 4. The van der Waals surface area contributed by atoms with Gasteiger partial charge in [-0.05, 0) is 56.5 Å². The zero-order valence-corrected chi connectivity index (χ0v) is 12.8. The maximum Gasteiger partial charge on any atom is 0.160 e. The van der Waals surface area contributed by atoms with Crippen molar-refractivity contribution >= 4 is 0 Å². The maximum atomic E-state index is 9.61. The lowest BCUT2D eigenvalue weighted by atomic mass is 10.1. The molecule has 0 aliphatic carbocycles. The van der Waals surface area contributed by atoms with E-state index in [2.05, 4.69) is 22.4 Å². The van der Waals surface area contributed by atoms with Crippen molar-refractivity contribution in [2.24, 2.45) is 0 Å². The molecule has 0 fully saturated rings. The van der Waals surface area contributed by atoms with E-state index in [0.717, 1.165) is 30.6 Å². The minimum atomic E-state index is 0.170. The average Bonchev–Trinajstić information content (AvgIpc) is 2.89. The molecule has 0 saturated heterocycles. The molecule has 114 valence electrons. The Morgan fingerprint density at radius 1 is 1.43 bits per heavy atom. The van der Waals surface area contributed by atoms with Crippen LogP contribution in [0.15, 0.2) is 24.4 Å². The first-order valence-corrected chi connectivity index (χ1v) is 7.21. The van der Waals surface area contributed by atoms with Crippen LogP contribution in [0.2, 0.25) is 0 Å². The van der Waals surface area contributed by atoms with Crippen molar-refractivity contribution in [3.05, 3.63) is 41.2 Å². The van der Waals surface area contributed by atoms with Gasteiger partial charge in [0.25, 0.3) is 0 Å². The van der Waals surface area contributed by atoms with E-state index in [1.54, 1.807) is 13.2 Å². The lowest BCUT2D eigenvalue weighted by molar-refractivity contribution is 0.372. The molecule has 0 aliphatic heterocycles. The van der Waals surface area contributed by atoms with E-state index in [-0.39, 0.29) is 11.8 Å². The fraction of sp³-hybridized carbons (Fsp3) is 0.438. The average molecular weight is 289 g/mol. The molecule has 1 atom stereocenters. The van der Waals surface area contributed by atoms with Crippen molar-refractivity contribution in [3.8, 4) is 11.5 Å². The Morgan fingerprint density at radius 3 is 2.90 bits per heavy atom. The lowest BCUT2D eigenvalue weighted by Gasteiger charge is -2.15. The summed E-state index contributed by atoms with van der Waals surface area (Å²) in [5.74, 6) is 0.680. The molecule has 5 heteroatoms. The van der Waals surface area contributed by atoms with Crippen molar-refractivity contribution in [2.45, 2.75) is 32.7 Å². The molecule has 0 spiro atoms. The van der Waals surface area contributed by atoms with E-state index in [9.17, 15) is 5.11 Å². The number of phenolic OH excluding ortho intramolecular Hbond substituents is 1. The fourth-order valence-electron chi connectivity index (χ4n) is 2.31. The molecule has 0 bridgehead atoms. The number of aromatic nitrogens is 2. The second kappa shape index (κ2) is 7.13. The number of hydrogen-bond donors (Lipinski definition) is 3. The second-order valence-corrected chi connectivity index (χ2v) is 5.23. The first kappa shape index (κ1) is 15.4. The predicted molar refractivity (Wildman–Crippen MR) is 82.7 cm³/mol. The highest BCUT2D eigenvalue weighted by Crippen LogP contribution is 2.28. The minimum Gasteiger partial charge on any atom is -0.504 e. The monoisotopic (exact) mass is 289 g/mol. The first-order valence-electron chi connectivity index (χ1n) is 7.21. The van der Waals surface area contributed by atoms with Crippen LogP contribution < -0.4 is 10.1 Å². The van der Waals surface area contributed by atoms with Gasteiger partial charge >= 0.3 is 0 Å². The molecule has 5 nitrogen and oxygen atoms in total. The number of nitrogens with zero attached hydrogens (tertiary/aromatic N) is 1. The Labute approximate surface area is 125 Å². The van der Waals surface area contributed by atoms with Crippen LogP contribution in [0.1, 0.15) is 36.2 Å². The van der Waals surface area contributed by atoms with Gasteiger partial charge in [0.05, 0.1) is 13.3 Å². The normalized spacial score (nSPS) is 12.3. The van der Waals surface area contributed by atoms with Crippen LogP contribution in [-0.2, 0) is 6.42 Å². The maximum absolute atomic E-state index is 9.61. The summed E-state index contributed by atoms with van der Waals surface area (Å²) in [5, 5.41) is 20.1. The number of phenols is 1. The molecule has 3 N–H and O–H groups in total. The standard InChI is InChI=1S/C16H23N3O2/c1-11(13-6-7-15(20)16(9-13)21-3)17-8-4-5-14-10-18-19-12(14)2/h6-7,9-11,17,20H,4-5,8H2,1-3H3,(H,18,19). The fourth-order valence-corrected chi connectivity index (χ4v) is 2.31. The summed E-state index contributed by atoms with van der Waals surface area (Å²) >= 11 is 0. The third-order valence-corrected chi connectivity index (χ3v) is 3.71. The second-order valence-electron chi connectivity index (χ2n) is 5.23. The molecule has 2 rings (SSSR count). The van der Waals surface area contributed by atoms with Gasteiger partial charge in [-0.2, -0.15) is 5.10 Å². The molecule has 0 saturated carbocycles. The Bertz CT molecular complexity index is 581. The highest BCUT2D eigenvalue weighted by molar-refractivity contribution is 5.42. The summed E-state index contributed by atoms with van der Waals surface area (Å²) in [7, 11) is 1.56. The highest BCUT2D eigenvalue weighted by atomic mass is 16.5. The zero-order valence-electron chi connectivity index (χ0n) is 12.8. The molecular weight excluding hydrogens is 266 g/mol. The zero-order chi connectivity index (χ0) is 15.2. The molecule has 0 amide bonds. The SMILES string of the molecule is COc1cc(C(C)NCCCc2cn[nH]c2C)ccc1O. The van der Waals surface area contributed by atoms with Crippen molar-refractivity contribution in [2.75, 3.05) is 13.7 Å². The van der Waals surface area contributed by atoms with Crippen LogP contribution in [0, 0.1) is 6.92 Å². The predicted octanol–water partition coefficient (Wildman–Crippen LogP) is 2.72. The van der Waals surface area contributed by atoms with Crippen LogP contribution >= 0.6 is 0 Å². The highest BCUT2D eigenvalue weighted by Gasteiger charge is 2.09. The van der Waals surface area contributed by atoms with Gasteiger partial charge in [-0.3, -0.25) is 5.10 Å². The lowest BCUT2D eigenvalue weighted by Crippen LogP contribution is -2.20. The number of benzene rings is 1. The van der Waals surface area contributed by atoms with Gasteiger partial charge in [0, 0.05) is 11.7 Å². The van der Waals surface area contributed by atoms with Crippen molar-refractivity contribution in [3.63, 3.8) is 0 Å². The van der Waals surface area contributed by atoms with Crippen LogP contribution in [0.5, 0.6) is 11.5 Å². The van der Waals surface area contributed by atoms with Crippen molar-refractivity contribution in [1.82, 2.24) is 15.5 Å².